The number of hydrogen-bond donors (Lipinski definition) is 2. The number of thiophene rings is 1. The Morgan fingerprint density at radius 1 is 1.19 bits per heavy atom. The van der Waals surface area contributed by atoms with Crippen LogP contribution in [0, 0.1) is 20.8 Å². The lowest BCUT2D eigenvalue weighted by atomic mass is 10.0. The molecule has 4 heterocycles. The molecule has 0 fully saturated rings. The van der Waals surface area contributed by atoms with Gasteiger partial charge in [-0.2, -0.15) is 23.4 Å². The van der Waals surface area contributed by atoms with Crippen LogP contribution in [0.2, 0.25) is 0 Å². The summed E-state index contributed by atoms with van der Waals surface area (Å²) in [6.07, 6.45) is -3.32. The number of primary amides is 1. The van der Waals surface area contributed by atoms with Crippen molar-refractivity contribution in [1.29, 1.82) is 0 Å². The molecule has 4 aromatic heterocycles. The Labute approximate surface area is 215 Å². The number of aryl methyl sites for hydroxylation is 2. The summed E-state index contributed by atoms with van der Waals surface area (Å²) in [4.78, 5) is 29.2. The zero-order valence-corrected chi connectivity index (χ0v) is 22.2. The minimum absolute atomic E-state index is 0.000533. The lowest BCUT2D eigenvalue weighted by molar-refractivity contribution is -0.140. The molecule has 190 valence electrons. The topological polar surface area (TPSA) is 121 Å². The number of halogens is 4. The van der Waals surface area contributed by atoms with Crippen molar-refractivity contribution in [1.82, 2.24) is 24.5 Å². The fourth-order valence-electron chi connectivity index (χ4n) is 3.87. The molecule has 0 aliphatic rings. The molecule has 4 rings (SSSR count). The first-order valence-electron chi connectivity index (χ1n) is 10.6. The van der Waals surface area contributed by atoms with E-state index in [0.717, 1.165) is 10.5 Å². The SMILES string of the molecule is Cc1nn(C(C)C(=O)Nc2c(C(N)=O)sc3nc(C(F)(F)F)cc(-c4cnn(C)c4C)c23)c(C)c1Br. The molecule has 1 unspecified atom stereocenters. The summed E-state index contributed by atoms with van der Waals surface area (Å²) in [6.45, 7) is 6.88. The number of pyridine rings is 1. The Kier molecular flexibility index (Phi) is 6.45. The monoisotopic (exact) mass is 583 g/mol. The van der Waals surface area contributed by atoms with Crippen LogP contribution in [-0.4, -0.2) is 36.4 Å². The third kappa shape index (κ3) is 4.28. The average Bonchev–Trinajstić information content (AvgIpc) is 3.42. The Hall–Kier alpha value is -3.26. The Balaban J connectivity index is 1.94. The predicted octanol–water partition coefficient (Wildman–Crippen LogP) is 4.90. The quantitative estimate of drug-likeness (QED) is 0.346. The van der Waals surface area contributed by atoms with Gasteiger partial charge in [-0.25, -0.2) is 4.98 Å². The summed E-state index contributed by atoms with van der Waals surface area (Å²) in [6, 6.07) is 0.0813. The van der Waals surface area contributed by atoms with Crippen molar-refractivity contribution in [3.63, 3.8) is 0 Å². The summed E-state index contributed by atoms with van der Waals surface area (Å²) in [7, 11) is 1.65. The normalized spacial score (nSPS) is 12.8. The highest BCUT2D eigenvalue weighted by Gasteiger charge is 2.36. The number of fused-ring (bicyclic) bond motifs is 1. The van der Waals surface area contributed by atoms with Crippen LogP contribution in [0.1, 0.15) is 45.4 Å². The molecule has 4 aromatic rings. The van der Waals surface area contributed by atoms with E-state index in [1.165, 1.54) is 15.6 Å². The fourth-order valence-corrected chi connectivity index (χ4v) is 5.14. The van der Waals surface area contributed by atoms with E-state index in [9.17, 15) is 22.8 Å². The number of hydrogen-bond acceptors (Lipinski definition) is 6. The lowest BCUT2D eigenvalue weighted by Crippen LogP contribution is -2.26. The summed E-state index contributed by atoms with van der Waals surface area (Å²) < 4.78 is 44.9. The first-order valence-corrected chi connectivity index (χ1v) is 12.2. The first kappa shape index (κ1) is 25.8. The maximum Gasteiger partial charge on any atom is 0.433 e. The number of carbonyl (C=O) groups is 2. The summed E-state index contributed by atoms with van der Waals surface area (Å²) in [5, 5.41) is 11.4. The second kappa shape index (κ2) is 9.00. The molecule has 0 radical (unpaired) electrons. The van der Waals surface area contributed by atoms with Gasteiger partial charge >= 0.3 is 6.18 Å². The average molecular weight is 584 g/mol. The van der Waals surface area contributed by atoms with Crippen LogP contribution < -0.4 is 11.1 Å². The van der Waals surface area contributed by atoms with Gasteiger partial charge in [-0.3, -0.25) is 19.0 Å². The maximum absolute atomic E-state index is 13.7. The van der Waals surface area contributed by atoms with Gasteiger partial charge in [-0.05, 0) is 55.3 Å². The van der Waals surface area contributed by atoms with Gasteiger partial charge in [0.15, 0.2) is 0 Å². The zero-order valence-electron chi connectivity index (χ0n) is 19.8. The molecule has 9 nitrogen and oxygen atoms in total. The van der Waals surface area contributed by atoms with Gasteiger partial charge in [0.1, 0.15) is 21.4 Å². The van der Waals surface area contributed by atoms with Gasteiger partial charge in [0.25, 0.3) is 5.91 Å². The second-order valence-electron chi connectivity index (χ2n) is 8.27. The Morgan fingerprint density at radius 2 is 1.86 bits per heavy atom. The number of aromatic nitrogens is 5. The van der Waals surface area contributed by atoms with Gasteiger partial charge < -0.3 is 11.1 Å². The van der Waals surface area contributed by atoms with Crippen LogP contribution in [0.5, 0.6) is 0 Å². The molecule has 3 N–H and O–H groups in total. The molecular formula is C22H21BrF3N7O2S. The molecule has 2 amide bonds. The minimum Gasteiger partial charge on any atom is -0.365 e. The third-order valence-corrected chi connectivity index (χ3v) is 8.18. The molecule has 0 saturated carbocycles. The van der Waals surface area contributed by atoms with E-state index in [4.69, 9.17) is 5.73 Å². The van der Waals surface area contributed by atoms with Crippen molar-refractivity contribution in [2.75, 3.05) is 5.32 Å². The first-order chi connectivity index (χ1) is 16.7. The molecule has 14 heteroatoms. The van der Waals surface area contributed by atoms with E-state index in [2.05, 4.69) is 36.4 Å². The summed E-state index contributed by atoms with van der Waals surface area (Å²) >= 11 is 4.11. The highest BCUT2D eigenvalue weighted by atomic mass is 79.9. The van der Waals surface area contributed by atoms with Crippen LogP contribution in [0.4, 0.5) is 18.9 Å². The van der Waals surface area contributed by atoms with Gasteiger partial charge in [0, 0.05) is 23.7 Å². The van der Waals surface area contributed by atoms with Gasteiger partial charge in [-0.15, -0.1) is 11.3 Å². The van der Waals surface area contributed by atoms with E-state index in [1.54, 1.807) is 34.7 Å². The van der Waals surface area contributed by atoms with Crippen molar-refractivity contribution in [3.05, 3.63) is 44.4 Å². The van der Waals surface area contributed by atoms with Crippen LogP contribution >= 0.6 is 27.3 Å². The number of alkyl halides is 3. The third-order valence-electron chi connectivity index (χ3n) is 5.93. The number of nitrogens with two attached hydrogens (primary N) is 1. The molecule has 0 bridgehead atoms. The zero-order chi connectivity index (χ0) is 26.7. The smallest absolute Gasteiger partial charge is 0.365 e. The molecule has 0 aliphatic heterocycles. The predicted molar refractivity (Wildman–Crippen MR) is 133 cm³/mol. The highest BCUT2D eigenvalue weighted by Crippen LogP contribution is 2.44. The van der Waals surface area contributed by atoms with Gasteiger partial charge in [0.05, 0.1) is 27.7 Å². The highest BCUT2D eigenvalue weighted by molar-refractivity contribution is 9.10. The largest absolute Gasteiger partial charge is 0.433 e. The van der Waals surface area contributed by atoms with Crippen molar-refractivity contribution in [2.24, 2.45) is 12.8 Å². The summed E-state index contributed by atoms with van der Waals surface area (Å²) in [5.74, 6) is -1.44. The molecule has 0 aliphatic carbocycles. The number of anilines is 1. The molecule has 36 heavy (non-hydrogen) atoms. The van der Waals surface area contributed by atoms with E-state index >= 15 is 0 Å². The number of nitrogens with one attached hydrogen (secondary N) is 1. The maximum atomic E-state index is 13.7. The van der Waals surface area contributed by atoms with E-state index < -0.39 is 29.7 Å². The van der Waals surface area contributed by atoms with Gasteiger partial charge in [0.2, 0.25) is 5.91 Å². The van der Waals surface area contributed by atoms with Crippen LogP contribution in [0.15, 0.2) is 16.7 Å². The standard InChI is InChI=1S/C22H21BrF3N7O2S/c1-8-16(23)10(3)33(31-8)11(4)20(35)30-17-15-12(13-7-28-32(5)9(13)2)6-14(22(24,25)26)29-21(15)36-18(17)19(27)34/h6-7,11H,1-5H3,(H2,27,34)(H,30,35). The molecule has 1 atom stereocenters. The van der Waals surface area contributed by atoms with Crippen LogP contribution in [0.25, 0.3) is 21.3 Å². The molecule has 0 aromatic carbocycles. The van der Waals surface area contributed by atoms with E-state index in [1.807, 2.05) is 0 Å². The molecular weight excluding hydrogens is 563 g/mol. The van der Waals surface area contributed by atoms with Crippen molar-refractivity contribution >= 4 is 55.0 Å². The van der Waals surface area contributed by atoms with E-state index in [-0.39, 0.29) is 26.3 Å². The second-order valence-corrected chi connectivity index (χ2v) is 10.1. The minimum atomic E-state index is -4.74. The van der Waals surface area contributed by atoms with Crippen LogP contribution in [0.3, 0.4) is 0 Å². The lowest BCUT2D eigenvalue weighted by Gasteiger charge is -2.16. The van der Waals surface area contributed by atoms with Crippen molar-refractivity contribution < 1.29 is 22.8 Å². The number of amides is 2. The van der Waals surface area contributed by atoms with Crippen LogP contribution in [-0.2, 0) is 18.0 Å². The fraction of sp³-hybridized carbons (Fsp3) is 0.318. The van der Waals surface area contributed by atoms with Crippen molar-refractivity contribution in [2.45, 2.75) is 39.9 Å². The number of carbonyl (C=O) groups excluding carboxylic acids is 2. The number of rotatable bonds is 5. The summed E-state index contributed by atoms with van der Waals surface area (Å²) in [5.41, 5.74) is 6.93. The Bertz CT molecular complexity index is 1540. The van der Waals surface area contributed by atoms with E-state index in [0.29, 0.717) is 34.0 Å². The number of nitrogens with zero attached hydrogens (tertiary/aromatic N) is 5. The molecule has 0 spiro atoms. The van der Waals surface area contributed by atoms with Gasteiger partial charge in [-0.1, -0.05) is 0 Å². The Morgan fingerprint density at radius 3 is 2.36 bits per heavy atom. The van der Waals surface area contributed by atoms with Crippen molar-refractivity contribution in [3.8, 4) is 11.1 Å². The molecule has 0 saturated heterocycles.